The van der Waals surface area contributed by atoms with Crippen LogP contribution in [0.3, 0.4) is 0 Å². The van der Waals surface area contributed by atoms with Crippen LogP contribution in [0, 0.1) is 6.92 Å². The molecule has 0 radical (unpaired) electrons. The Morgan fingerprint density at radius 1 is 0.628 bits per heavy atom. The van der Waals surface area contributed by atoms with E-state index in [2.05, 4.69) is 9.80 Å². The normalized spacial score (nSPS) is 11.3. The Bertz CT molecular complexity index is 1570. The van der Waals surface area contributed by atoms with Crippen molar-refractivity contribution in [2.24, 2.45) is 0 Å². The maximum atomic E-state index is 13.0. The molecule has 0 heterocycles. The summed E-state index contributed by atoms with van der Waals surface area (Å²) in [5.74, 6) is -0.312. The summed E-state index contributed by atoms with van der Waals surface area (Å²) in [5, 5.41) is 0. The Morgan fingerprint density at radius 3 is 1.33 bits per heavy atom. The molecule has 0 spiro atoms. The summed E-state index contributed by atoms with van der Waals surface area (Å²) in [6.07, 6.45) is 0.494. The fraction of sp³-hybridized carbons (Fsp3) is 0.400. The summed E-state index contributed by atoms with van der Waals surface area (Å²) < 4.78 is 78.2. The molecule has 43 heavy (non-hydrogen) atoms. The van der Waals surface area contributed by atoms with E-state index in [4.69, 9.17) is 4.74 Å². The molecule has 9 nitrogen and oxygen atoms in total. The molecule has 228 valence electrons. The first-order valence-corrected chi connectivity index (χ1v) is 16.7. The van der Waals surface area contributed by atoms with E-state index in [0.717, 1.165) is 37.6 Å². The SMILES string of the molecule is CCCOc1c(C)c(-c2ccc(N(CC)CC)cc2)c(-c2ccc(N(CC)CC)cc2)c(S(=O)(=O)O)c1S(=O)(=O)O.[NaH].[NaH]. The van der Waals surface area contributed by atoms with Crippen molar-refractivity contribution in [1.82, 2.24) is 0 Å². The predicted molar refractivity (Wildman–Crippen MR) is 179 cm³/mol. The van der Waals surface area contributed by atoms with Crippen LogP contribution in [0.4, 0.5) is 11.4 Å². The molecule has 0 saturated carbocycles. The molecule has 0 saturated heterocycles. The fourth-order valence-corrected chi connectivity index (χ4v) is 7.37. The molecule has 0 unspecified atom stereocenters. The van der Waals surface area contributed by atoms with Crippen molar-refractivity contribution in [2.45, 2.75) is 57.8 Å². The Morgan fingerprint density at radius 2 is 1.00 bits per heavy atom. The van der Waals surface area contributed by atoms with Crippen LogP contribution in [0.1, 0.15) is 46.6 Å². The summed E-state index contributed by atoms with van der Waals surface area (Å²) in [4.78, 5) is 2.37. The molecule has 3 aromatic carbocycles. The van der Waals surface area contributed by atoms with Gasteiger partial charge in [0.2, 0.25) is 0 Å². The molecule has 0 atom stereocenters. The van der Waals surface area contributed by atoms with Crippen LogP contribution in [0.5, 0.6) is 5.75 Å². The van der Waals surface area contributed by atoms with Gasteiger partial charge in [-0.15, -0.1) is 0 Å². The number of hydrogen-bond acceptors (Lipinski definition) is 7. The second kappa shape index (κ2) is 17.0. The Labute approximate surface area is 301 Å². The topological polar surface area (TPSA) is 124 Å². The van der Waals surface area contributed by atoms with Gasteiger partial charge >= 0.3 is 59.1 Å². The standard InChI is InChI=1S/C30H40N2O7S2.2Na.2H/c1-7-20-39-28-21(6)26(22-12-16-24(17-13-22)31(8-2)9-3)27(29(40(33,34)35)30(28)41(36,37)38)23-14-18-25(19-15-23)32(10-4)11-5;;;;/h12-19H,7-11,20H2,1-6H3,(H,33,34,35)(H,36,37,38);;;;. The predicted octanol–water partition coefficient (Wildman–Crippen LogP) is 5.01. The molecule has 3 rings (SSSR count). The third-order valence-electron chi connectivity index (χ3n) is 7.14. The average Bonchev–Trinajstić information content (AvgIpc) is 2.93. The fourth-order valence-electron chi connectivity index (χ4n) is 5.15. The molecule has 0 fully saturated rings. The van der Waals surface area contributed by atoms with Crippen molar-refractivity contribution < 1.29 is 30.7 Å². The summed E-state index contributed by atoms with van der Waals surface area (Å²) in [7, 11) is -10.4. The van der Waals surface area contributed by atoms with E-state index < -0.39 is 30.0 Å². The number of nitrogens with zero attached hydrogens (tertiary/aromatic N) is 2. The van der Waals surface area contributed by atoms with E-state index >= 15 is 0 Å². The van der Waals surface area contributed by atoms with Gasteiger partial charge in [0.05, 0.1) is 6.61 Å². The van der Waals surface area contributed by atoms with Crippen LogP contribution in [0.2, 0.25) is 0 Å². The third-order valence-corrected chi connectivity index (χ3v) is 9.10. The van der Waals surface area contributed by atoms with Crippen molar-refractivity contribution >= 4 is 90.7 Å². The molecule has 0 amide bonds. The number of rotatable bonds is 13. The van der Waals surface area contributed by atoms with E-state index in [1.54, 1.807) is 19.1 Å². The van der Waals surface area contributed by atoms with Crippen LogP contribution in [-0.4, -0.2) is 118 Å². The van der Waals surface area contributed by atoms with E-state index in [9.17, 15) is 25.9 Å². The zero-order chi connectivity index (χ0) is 30.5. The number of hydrogen-bond donors (Lipinski definition) is 2. The minimum absolute atomic E-state index is 0. The zero-order valence-corrected chi connectivity index (χ0v) is 26.1. The molecule has 13 heteroatoms. The summed E-state index contributed by atoms with van der Waals surface area (Å²) >= 11 is 0. The average molecular weight is 653 g/mol. The Kier molecular flexibility index (Phi) is 15.8. The van der Waals surface area contributed by atoms with Crippen LogP contribution in [-0.2, 0) is 20.2 Å². The van der Waals surface area contributed by atoms with Gasteiger partial charge in [-0.1, -0.05) is 31.2 Å². The first-order valence-electron chi connectivity index (χ1n) is 13.8. The molecule has 0 aliphatic rings. The minimum atomic E-state index is -5.19. The first kappa shape index (κ1) is 39.9. The van der Waals surface area contributed by atoms with E-state index in [1.165, 1.54) is 0 Å². The number of anilines is 2. The molecule has 0 aliphatic heterocycles. The van der Waals surface area contributed by atoms with Gasteiger partial charge in [0, 0.05) is 48.7 Å². The van der Waals surface area contributed by atoms with Crippen molar-refractivity contribution in [1.29, 1.82) is 0 Å². The third kappa shape index (κ3) is 9.00. The van der Waals surface area contributed by atoms with Crippen LogP contribution in [0.15, 0.2) is 58.3 Å². The second-order valence-corrected chi connectivity index (χ2v) is 12.3. The van der Waals surface area contributed by atoms with E-state index in [0.29, 0.717) is 28.7 Å². The van der Waals surface area contributed by atoms with Crippen molar-refractivity contribution in [3.8, 4) is 28.0 Å². The molecule has 0 aliphatic carbocycles. The molecule has 0 bridgehead atoms. The monoisotopic (exact) mass is 652 g/mol. The van der Waals surface area contributed by atoms with Gasteiger partial charge in [-0.2, -0.15) is 16.8 Å². The summed E-state index contributed by atoms with van der Waals surface area (Å²) in [6, 6.07) is 14.5. The van der Waals surface area contributed by atoms with Crippen molar-refractivity contribution in [3.05, 3.63) is 54.1 Å². The van der Waals surface area contributed by atoms with Gasteiger partial charge in [0.15, 0.2) is 4.90 Å². The Hall–Kier alpha value is -1.12. The summed E-state index contributed by atoms with van der Waals surface area (Å²) in [6.45, 7) is 14.7. The Balaban J connectivity index is 0.00000462. The molecule has 2 N–H and O–H groups in total. The quantitative estimate of drug-likeness (QED) is 0.194. The maximum absolute atomic E-state index is 13.0. The molecular weight excluding hydrogens is 610 g/mol. The summed E-state index contributed by atoms with van der Waals surface area (Å²) in [5.41, 5.74) is 3.46. The van der Waals surface area contributed by atoms with Crippen LogP contribution in [0.25, 0.3) is 22.3 Å². The van der Waals surface area contributed by atoms with Gasteiger partial charge in [-0.05, 0) is 82.0 Å². The zero-order valence-electron chi connectivity index (χ0n) is 24.5. The first-order chi connectivity index (χ1) is 19.3. The van der Waals surface area contributed by atoms with Crippen molar-refractivity contribution in [3.63, 3.8) is 0 Å². The van der Waals surface area contributed by atoms with Gasteiger partial charge in [0.1, 0.15) is 10.6 Å². The van der Waals surface area contributed by atoms with Crippen molar-refractivity contribution in [2.75, 3.05) is 42.6 Å². The van der Waals surface area contributed by atoms with Gasteiger partial charge in [-0.25, -0.2) is 0 Å². The number of benzene rings is 3. The van der Waals surface area contributed by atoms with Gasteiger partial charge in [-0.3, -0.25) is 9.11 Å². The molecular formula is C30H42N2Na2O7S2. The number of ether oxygens (including phenoxy) is 1. The van der Waals surface area contributed by atoms with Gasteiger partial charge in [0.25, 0.3) is 20.2 Å². The van der Waals surface area contributed by atoms with E-state index in [1.807, 2.05) is 71.0 Å². The van der Waals surface area contributed by atoms with Crippen LogP contribution < -0.4 is 14.5 Å². The van der Waals surface area contributed by atoms with Crippen LogP contribution >= 0.6 is 0 Å². The molecule has 3 aromatic rings. The van der Waals surface area contributed by atoms with Gasteiger partial charge < -0.3 is 14.5 Å². The molecule has 0 aromatic heterocycles. The van der Waals surface area contributed by atoms with E-state index in [-0.39, 0.29) is 77.0 Å². The second-order valence-electron chi connectivity index (χ2n) is 9.60.